The molecule has 2 amide bonds. The van der Waals surface area contributed by atoms with Gasteiger partial charge in [0.1, 0.15) is 6.67 Å². The molecule has 1 heterocycles. The minimum atomic E-state index is -0.0609. The molecule has 4 heteroatoms. The molecule has 0 radical (unpaired) electrons. The van der Waals surface area contributed by atoms with Gasteiger partial charge in [-0.3, -0.25) is 9.89 Å². The number of aliphatic imine (C=N–C) groups is 1. The first-order valence-electron chi connectivity index (χ1n) is 5.05. The largest absolute Gasteiger partial charge is 0.338 e. The van der Waals surface area contributed by atoms with Crippen LogP contribution in [0, 0.1) is 0 Å². The molecule has 1 aliphatic heterocycles. The van der Waals surface area contributed by atoms with Gasteiger partial charge in [0.05, 0.1) is 0 Å². The standard InChI is InChI=1S/C10H17N3O/c1-2-3-4-7-12-10(14)13-8-5-6-11-9-13/h5-6,8H,2-4,7,9H2,1H3,(H,12,14). The van der Waals surface area contributed by atoms with Gasteiger partial charge in [0.2, 0.25) is 0 Å². The van der Waals surface area contributed by atoms with Gasteiger partial charge in [0.15, 0.2) is 0 Å². The number of urea groups is 1. The minimum absolute atomic E-state index is 0.0609. The van der Waals surface area contributed by atoms with Gasteiger partial charge in [-0.25, -0.2) is 4.79 Å². The first kappa shape index (κ1) is 10.8. The number of rotatable bonds is 4. The second-order valence-corrected chi connectivity index (χ2v) is 3.22. The molecule has 0 fully saturated rings. The number of unbranched alkanes of at least 4 members (excludes halogenated alkanes) is 2. The summed E-state index contributed by atoms with van der Waals surface area (Å²) in [5.41, 5.74) is 0. The molecule has 0 bridgehead atoms. The second kappa shape index (κ2) is 6.18. The molecule has 14 heavy (non-hydrogen) atoms. The van der Waals surface area contributed by atoms with Crippen LogP contribution in [0.3, 0.4) is 0 Å². The smallest absolute Gasteiger partial charge is 0.322 e. The maximum absolute atomic E-state index is 11.5. The van der Waals surface area contributed by atoms with E-state index in [0.717, 1.165) is 19.4 Å². The quantitative estimate of drug-likeness (QED) is 0.682. The molecular weight excluding hydrogens is 178 g/mol. The third-order valence-electron chi connectivity index (χ3n) is 2.01. The van der Waals surface area contributed by atoms with Crippen molar-refractivity contribution >= 4 is 12.2 Å². The van der Waals surface area contributed by atoms with Crippen molar-refractivity contribution in [3.05, 3.63) is 12.3 Å². The van der Waals surface area contributed by atoms with Crippen molar-refractivity contribution in [2.24, 2.45) is 4.99 Å². The second-order valence-electron chi connectivity index (χ2n) is 3.22. The Morgan fingerprint density at radius 1 is 1.57 bits per heavy atom. The Hall–Kier alpha value is -1.32. The van der Waals surface area contributed by atoms with E-state index in [1.807, 2.05) is 0 Å². The molecule has 0 atom stereocenters. The van der Waals surface area contributed by atoms with Crippen molar-refractivity contribution in [1.82, 2.24) is 10.2 Å². The van der Waals surface area contributed by atoms with Crippen LogP contribution in [-0.4, -0.2) is 30.4 Å². The summed E-state index contributed by atoms with van der Waals surface area (Å²) in [5.74, 6) is 0. The van der Waals surface area contributed by atoms with Crippen molar-refractivity contribution in [3.8, 4) is 0 Å². The van der Waals surface area contributed by atoms with Crippen LogP contribution in [0.1, 0.15) is 26.2 Å². The minimum Gasteiger partial charge on any atom is -0.338 e. The van der Waals surface area contributed by atoms with E-state index in [0.29, 0.717) is 6.67 Å². The number of hydrogen-bond donors (Lipinski definition) is 1. The Bertz CT molecular complexity index is 236. The van der Waals surface area contributed by atoms with Crippen LogP contribution in [0.15, 0.2) is 17.3 Å². The molecule has 0 unspecified atom stereocenters. The summed E-state index contributed by atoms with van der Waals surface area (Å²) < 4.78 is 0. The molecule has 1 aliphatic rings. The van der Waals surface area contributed by atoms with Crippen LogP contribution in [0.25, 0.3) is 0 Å². The van der Waals surface area contributed by atoms with Gasteiger partial charge in [-0.15, -0.1) is 0 Å². The Morgan fingerprint density at radius 3 is 3.07 bits per heavy atom. The van der Waals surface area contributed by atoms with Crippen LogP contribution in [0.2, 0.25) is 0 Å². The molecule has 0 aromatic heterocycles. The van der Waals surface area contributed by atoms with E-state index in [1.54, 1.807) is 23.4 Å². The molecule has 0 aliphatic carbocycles. The fourth-order valence-corrected chi connectivity index (χ4v) is 1.19. The lowest BCUT2D eigenvalue weighted by molar-refractivity contribution is 0.216. The van der Waals surface area contributed by atoms with Crippen LogP contribution in [0.5, 0.6) is 0 Å². The predicted octanol–water partition coefficient (Wildman–Crippen LogP) is 1.74. The molecule has 1 rings (SSSR count). The van der Waals surface area contributed by atoms with Crippen molar-refractivity contribution < 1.29 is 4.79 Å². The average Bonchev–Trinajstić information content (AvgIpc) is 2.25. The summed E-state index contributed by atoms with van der Waals surface area (Å²) in [6, 6.07) is -0.0609. The van der Waals surface area contributed by atoms with E-state index >= 15 is 0 Å². The molecule has 0 saturated heterocycles. The summed E-state index contributed by atoms with van der Waals surface area (Å²) in [4.78, 5) is 17.0. The number of allylic oxidation sites excluding steroid dienone is 1. The van der Waals surface area contributed by atoms with E-state index in [9.17, 15) is 4.79 Å². The van der Waals surface area contributed by atoms with Gasteiger partial charge in [-0.2, -0.15) is 0 Å². The van der Waals surface area contributed by atoms with Crippen LogP contribution in [-0.2, 0) is 0 Å². The first-order chi connectivity index (χ1) is 6.84. The van der Waals surface area contributed by atoms with Gasteiger partial charge in [-0.05, 0) is 12.5 Å². The lowest BCUT2D eigenvalue weighted by Gasteiger charge is -2.18. The zero-order chi connectivity index (χ0) is 10.2. The fraction of sp³-hybridized carbons (Fsp3) is 0.600. The Labute approximate surface area is 84.7 Å². The molecule has 0 saturated carbocycles. The predicted molar refractivity (Wildman–Crippen MR) is 57.3 cm³/mol. The number of carbonyl (C=O) groups excluding carboxylic acids is 1. The third kappa shape index (κ3) is 3.60. The van der Waals surface area contributed by atoms with Crippen molar-refractivity contribution in [2.75, 3.05) is 13.2 Å². The van der Waals surface area contributed by atoms with Crippen molar-refractivity contribution in [1.29, 1.82) is 0 Å². The Kier molecular flexibility index (Phi) is 4.75. The van der Waals surface area contributed by atoms with Gasteiger partial charge < -0.3 is 5.32 Å². The lowest BCUT2D eigenvalue weighted by Crippen LogP contribution is -2.37. The van der Waals surface area contributed by atoms with Crippen LogP contribution < -0.4 is 5.32 Å². The lowest BCUT2D eigenvalue weighted by atomic mass is 10.2. The molecule has 0 spiro atoms. The molecule has 0 aromatic carbocycles. The highest BCUT2D eigenvalue weighted by molar-refractivity contribution is 5.79. The summed E-state index contributed by atoms with van der Waals surface area (Å²) >= 11 is 0. The molecule has 4 nitrogen and oxygen atoms in total. The number of hydrogen-bond acceptors (Lipinski definition) is 2. The van der Waals surface area contributed by atoms with Gasteiger partial charge in [0, 0.05) is 19.0 Å². The highest BCUT2D eigenvalue weighted by Crippen LogP contribution is 1.97. The first-order valence-corrected chi connectivity index (χ1v) is 5.05. The maximum Gasteiger partial charge on any atom is 0.322 e. The monoisotopic (exact) mass is 195 g/mol. The van der Waals surface area contributed by atoms with Crippen molar-refractivity contribution in [2.45, 2.75) is 26.2 Å². The third-order valence-corrected chi connectivity index (χ3v) is 2.01. The fourth-order valence-electron chi connectivity index (χ4n) is 1.19. The SMILES string of the molecule is CCCCCNC(=O)N1C=CC=NC1. The summed E-state index contributed by atoms with van der Waals surface area (Å²) in [5, 5.41) is 2.85. The average molecular weight is 195 g/mol. The zero-order valence-corrected chi connectivity index (χ0v) is 8.57. The van der Waals surface area contributed by atoms with Gasteiger partial charge in [-0.1, -0.05) is 19.8 Å². The zero-order valence-electron chi connectivity index (χ0n) is 8.57. The molecule has 78 valence electrons. The van der Waals surface area contributed by atoms with Crippen LogP contribution >= 0.6 is 0 Å². The number of carbonyl (C=O) groups is 1. The van der Waals surface area contributed by atoms with E-state index < -0.39 is 0 Å². The topological polar surface area (TPSA) is 44.7 Å². The summed E-state index contributed by atoms with van der Waals surface area (Å²) in [6.07, 6.45) is 8.57. The van der Waals surface area contributed by atoms with Gasteiger partial charge in [0.25, 0.3) is 0 Å². The summed E-state index contributed by atoms with van der Waals surface area (Å²) in [6.45, 7) is 3.32. The maximum atomic E-state index is 11.5. The van der Waals surface area contributed by atoms with E-state index in [4.69, 9.17) is 0 Å². The summed E-state index contributed by atoms with van der Waals surface area (Å²) in [7, 11) is 0. The number of amides is 2. The van der Waals surface area contributed by atoms with Crippen LogP contribution in [0.4, 0.5) is 4.79 Å². The normalized spacial score (nSPS) is 14.5. The molecule has 0 aromatic rings. The van der Waals surface area contributed by atoms with E-state index in [1.165, 1.54) is 6.42 Å². The number of nitrogens with one attached hydrogen (secondary N) is 1. The molecule has 1 N–H and O–H groups in total. The highest BCUT2D eigenvalue weighted by atomic mass is 16.2. The molecular formula is C10H17N3O. The van der Waals surface area contributed by atoms with Crippen molar-refractivity contribution in [3.63, 3.8) is 0 Å². The number of nitrogens with zero attached hydrogens (tertiary/aromatic N) is 2. The van der Waals surface area contributed by atoms with Gasteiger partial charge >= 0.3 is 6.03 Å². The Balaban J connectivity index is 2.15. The highest BCUT2D eigenvalue weighted by Gasteiger charge is 2.09. The van der Waals surface area contributed by atoms with E-state index in [-0.39, 0.29) is 6.03 Å². The Morgan fingerprint density at radius 2 is 2.43 bits per heavy atom. The van der Waals surface area contributed by atoms with E-state index in [2.05, 4.69) is 17.2 Å².